The van der Waals surface area contributed by atoms with Crippen molar-refractivity contribution in [3.63, 3.8) is 0 Å². The number of rotatable bonds is 5. The Morgan fingerprint density at radius 2 is 1.84 bits per heavy atom. The molecule has 4 rings (SSSR count). The maximum absolute atomic E-state index is 13.1. The highest BCUT2D eigenvalue weighted by molar-refractivity contribution is 6.09. The van der Waals surface area contributed by atoms with Gasteiger partial charge >= 0.3 is 12.0 Å². The van der Waals surface area contributed by atoms with Gasteiger partial charge in [0.15, 0.2) is 0 Å². The van der Waals surface area contributed by atoms with Gasteiger partial charge in [0, 0.05) is 18.7 Å². The number of carbonyl (C=O) groups excluding carboxylic acids is 4. The zero-order valence-corrected chi connectivity index (χ0v) is 17.8. The minimum absolute atomic E-state index is 0.00697. The smallest absolute Gasteiger partial charge is 0.327 e. The monoisotopic (exact) mass is 427 g/mol. The molecule has 31 heavy (non-hydrogen) atoms. The second kappa shape index (κ2) is 8.69. The number of urea groups is 1. The zero-order valence-electron chi connectivity index (χ0n) is 17.8. The molecular formula is C23H29N3O5. The average Bonchev–Trinajstić information content (AvgIpc) is 3.38. The average molecular weight is 428 g/mol. The summed E-state index contributed by atoms with van der Waals surface area (Å²) >= 11 is 0. The van der Waals surface area contributed by atoms with Gasteiger partial charge in [0.1, 0.15) is 12.1 Å². The van der Waals surface area contributed by atoms with Gasteiger partial charge in [-0.15, -0.1) is 0 Å². The second-order valence-electron chi connectivity index (χ2n) is 8.75. The first-order valence-corrected chi connectivity index (χ1v) is 11.1. The Morgan fingerprint density at radius 1 is 1.13 bits per heavy atom. The summed E-state index contributed by atoms with van der Waals surface area (Å²) in [5.74, 6) is -1.41. The van der Waals surface area contributed by atoms with Crippen molar-refractivity contribution in [2.45, 2.75) is 57.1 Å². The molecule has 166 valence electrons. The van der Waals surface area contributed by atoms with Gasteiger partial charge in [-0.25, -0.2) is 4.79 Å². The third-order valence-electron chi connectivity index (χ3n) is 6.78. The Bertz CT molecular complexity index is 867. The van der Waals surface area contributed by atoms with Gasteiger partial charge in [-0.1, -0.05) is 50.1 Å². The van der Waals surface area contributed by atoms with Crippen molar-refractivity contribution < 1.29 is 23.9 Å². The first-order chi connectivity index (χ1) is 14.9. The van der Waals surface area contributed by atoms with Crippen molar-refractivity contribution in [3.05, 3.63) is 35.9 Å². The van der Waals surface area contributed by atoms with Crippen LogP contribution in [0.4, 0.5) is 4.79 Å². The summed E-state index contributed by atoms with van der Waals surface area (Å²) in [7, 11) is 0. The van der Waals surface area contributed by atoms with E-state index in [1.165, 1.54) is 0 Å². The summed E-state index contributed by atoms with van der Waals surface area (Å²) in [5.41, 5.74) is -0.359. The minimum atomic E-state index is -1.09. The van der Waals surface area contributed by atoms with Gasteiger partial charge in [-0.05, 0) is 31.6 Å². The van der Waals surface area contributed by atoms with Crippen molar-refractivity contribution in [1.29, 1.82) is 0 Å². The minimum Gasteiger partial charge on any atom is -0.446 e. The Hall–Kier alpha value is -2.90. The summed E-state index contributed by atoms with van der Waals surface area (Å²) in [6, 6.07) is 8.27. The number of hydrogen-bond acceptors (Lipinski definition) is 5. The van der Waals surface area contributed by atoms with Crippen molar-refractivity contribution in [2.24, 2.45) is 5.92 Å². The van der Waals surface area contributed by atoms with Crippen molar-refractivity contribution in [3.8, 4) is 0 Å². The summed E-state index contributed by atoms with van der Waals surface area (Å²) in [4.78, 5) is 54.1. The number of likely N-dealkylation sites (tertiary alicyclic amines) is 1. The van der Waals surface area contributed by atoms with E-state index in [9.17, 15) is 19.2 Å². The Kier molecular flexibility index (Phi) is 5.98. The molecule has 0 aromatic heterocycles. The normalized spacial score (nSPS) is 26.8. The number of nitrogens with one attached hydrogen (secondary N) is 1. The third kappa shape index (κ3) is 4.03. The molecule has 0 unspecified atom stereocenters. The van der Waals surface area contributed by atoms with Crippen LogP contribution in [0.1, 0.15) is 57.1 Å². The molecule has 1 aromatic carbocycles. The molecular weight excluding hydrogens is 398 g/mol. The SMILES string of the molecule is C[C@@H]1CCCC[C@@]12NC(=O)N(CC(=O)O[C@H](C(=O)N1CCCC1)c1ccccc1)C2=O. The largest absolute Gasteiger partial charge is 0.446 e. The molecule has 3 fully saturated rings. The molecule has 8 heteroatoms. The van der Waals surface area contributed by atoms with Gasteiger partial charge in [0.25, 0.3) is 11.8 Å². The maximum Gasteiger partial charge on any atom is 0.327 e. The van der Waals surface area contributed by atoms with Gasteiger partial charge in [0.05, 0.1) is 0 Å². The van der Waals surface area contributed by atoms with E-state index in [1.54, 1.807) is 29.2 Å². The third-order valence-corrected chi connectivity index (χ3v) is 6.78. The van der Waals surface area contributed by atoms with Gasteiger partial charge in [-0.3, -0.25) is 19.3 Å². The van der Waals surface area contributed by atoms with Crippen LogP contribution < -0.4 is 5.32 Å². The number of amides is 4. The standard InChI is InChI=1S/C23H29N3O5/c1-16-9-5-6-12-23(16)21(29)26(22(30)24-23)15-18(27)31-19(17-10-3-2-4-11-17)20(28)25-13-7-8-14-25/h2-4,10-11,16,19H,5-9,12-15H2,1H3,(H,24,30)/t16-,19+,23-/m1/s1. The second-order valence-corrected chi connectivity index (χ2v) is 8.75. The molecule has 1 aliphatic carbocycles. The Morgan fingerprint density at radius 3 is 2.52 bits per heavy atom. The summed E-state index contributed by atoms with van der Waals surface area (Å²) in [6.45, 7) is 2.72. The van der Waals surface area contributed by atoms with Crippen LogP contribution in [-0.2, 0) is 19.1 Å². The lowest BCUT2D eigenvalue weighted by atomic mass is 9.73. The first-order valence-electron chi connectivity index (χ1n) is 11.1. The van der Waals surface area contributed by atoms with Crippen LogP contribution in [0.3, 0.4) is 0 Å². The molecule has 4 amide bonds. The van der Waals surface area contributed by atoms with Gasteiger partial charge in [0.2, 0.25) is 6.10 Å². The van der Waals surface area contributed by atoms with E-state index >= 15 is 0 Å². The number of imide groups is 1. The van der Waals surface area contributed by atoms with E-state index in [-0.39, 0.29) is 17.7 Å². The van der Waals surface area contributed by atoms with Crippen LogP contribution in [0, 0.1) is 5.92 Å². The van der Waals surface area contributed by atoms with E-state index < -0.39 is 30.2 Å². The highest BCUT2D eigenvalue weighted by Crippen LogP contribution is 2.38. The summed E-state index contributed by atoms with van der Waals surface area (Å²) in [6.07, 6.45) is 4.05. The molecule has 1 N–H and O–H groups in total. The maximum atomic E-state index is 13.1. The first kappa shape index (κ1) is 21.3. The predicted octanol–water partition coefficient (Wildman–Crippen LogP) is 2.39. The Balaban J connectivity index is 1.48. The predicted molar refractivity (Wildman–Crippen MR) is 112 cm³/mol. The molecule has 3 atom stereocenters. The number of hydrogen-bond donors (Lipinski definition) is 1. The molecule has 2 saturated heterocycles. The van der Waals surface area contributed by atoms with Crippen molar-refractivity contribution in [2.75, 3.05) is 19.6 Å². The fourth-order valence-electron chi connectivity index (χ4n) is 4.93. The molecule has 1 aromatic rings. The molecule has 3 aliphatic rings. The fourth-order valence-corrected chi connectivity index (χ4v) is 4.93. The highest BCUT2D eigenvalue weighted by Gasteiger charge is 2.55. The molecule has 2 heterocycles. The lowest BCUT2D eigenvalue weighted by Gasteiger charge is -2.36. The summed E-state index contributed by atoms with van der Waals surface area (Å²) in [5, 5.41) is 2.83. The molecule has 1 spiro atoms. The number of carbonyl (C=O) groups is 4. The fraction of sp³-hybridized carbons (Fsp3) is 0.565. The number of nitrogens with zero attached hydrogens (tertiary/aromatic N) is 2. The van der Waals surface area contributed by atoms with Gasteiger partial charge in [-0.2, -0.15) is 0 Å². The number of esters is 1. The quantitative estimate of drug-likeness (QED) is 0.575. The molecule has 0 radical (unpaired) electrons. The highest BCUT2D eigenvalue weighted by atomic mass is 16.5. The number of benzene rings is 1. The lowest BCUT2D eigenvalue weighted by molar-refractivity contribution is -0.162. The van der Waals surface area contributed by atoms with Crippen LogP contribution in [0.5, 0.6) is 0 Å². The molecule has 2 aliphatic heterocycles. The van der Waals surface area contributed by atoms with Gasteiger partial charge < -0.3 is 15.0 Å². The van der Waals surface area contributed by atoms with E-state index in [4.69, 9.17) is 4.74 Å². The van der Waals surface area contributed by atoms with E-state index in [0.29, 0.717) is 25.1 Å². The van der Waals surface area contributed by atoms with Crippen LogP contribution in [0.15, 0.2) is 30.3 Å². The molecule has 1 saturated carbocycles. The lowest BCUT2D eigenvalue weighted by Crippen LogP contribution is -2.54. The van der Waals surface area contributed by atoms with Crippen LogP contribution in [-0.4, -0.2) is 58.8 Å². The van der Waals surface area contributed by atoms with E-state index in [2.05, 4.69) is 5.32 Å². The topological polar surface area (TPSA) is 96.0 Å². The van der Waals surface area contributed by atoms with Crippen LogP contribution >= 0.6 is 0 Å². The van der Waals surface area contributed by atoms with Crippen LogP contribution in [0.2, 0.25) is 0 Å². The summed E-state index contributed by atoms with van der Waals surface area (Å²) < 4.78 is 5.57. The van der Waals surface area contributed by atoms with E-state index in [1.807, 2.05) is 13.0 Å². The molecule has 0 bridgehead atoms. The number of ether oxygens (including phenoxy) is 1. The van der Waals surface area contributed by atoms with E-state index in [0.717, 1.165) is 37.0 Å². The Labute approximate surface area is 181 Å². The molecule has 8 nitrogen and oxygen atoms in total. The van der Waals surface area contributed by atoms with Crippen molar-refractivity contribution in [1.82, 2.24) is 15.1 Å². The van der Waals surface area contributed by atoms with Crippen molar-refractivity contribution >= 4 is 23.8 Å². The van der Waals surface area contributed by atoms with Crippen LogP contribution in [0.25, 0.3) is 0 Å². The zero-order chi connectivity index (χ0) is 22.0.